The lowest BCUT2D eigenvalue weighted by atomic mass is 9.97. The number of hydrogen-bond acceptors (Lipinski definition) is 2. The lowest BCUT2D eigenvalue weighted by Gasteiger charge is -2.39. The quantitative estimate of drug-likeness (QED) is 0.825. The van der Waals surface area contributed by atoms with E-state index in [-0.39, 0.29) is 5.91 Å². The van der Waals surface area contributed by atoms with E-state index in [2.05, 4.69) is 34.8 Å². The molecule has 0 spiro atoms. The summed E-state index contributed by atoms with van der Waals surface area (Å²) in [4.78, 5) is 16.9. The van der Waals surface area contributed by atoms with Crippen LogP contribution < -0.4 is 0 Å². The van der Waals surface area contributed by atoms with Crippen LogP contribution in [0.2, 0.25) is 0 Å². The summed E-state index contributed by atoms with van der Waals surface area (Å²) in [5.41, 5.74) is 1.87. The van der Waals surface area contributed by atoms with E-state index in [0.717, 1.165) is 35.0 Å². The van der Waals surface area contributed by atoms with Gasteiger partial charge in [0.15, 0.2) is 0 Å². The fourth-order valence-corrected chi connectivity index (χ4v) is 3.45. The van der Waals surface area contributed by atoms with Crippen LogP contribution in [0.4, 0.5) is 0 Å². The Bertz CT molecular complexity index is 483. The maximum absolute atomic E-state index is 12.6. The zero-order chi connectivity index (χ0) is 14.9. The Labute approximate surface area is 130 Å². The number of rotatable bonds is 2. The number of benzene rings is 1. The Morgan fingerprint density at radius 2 is 2.10 bits per heavy atom. The van der Waals surface area contributed by atoms with Gasteiger partial charge in [-0.15, -0.1) is 0 Å². The van der Waals surface area contributed by atoms with E-state index in [1.54, 1.807) is 0 Å². The lowest BCUT2D eigenvalue weighted by molar-refractivity contribution is 0.0598. The zero-order valence-corrected chi connectivity index (χ0v) is 14.3. The average Bonchev–Trinajstić information content (AvgIpc) is 2.39. The fraction of sp³-hybridized carbons (Fsp3) is 0.562. The van der Waals surface area contributed by atoms with Gasteiger partial charge in [0.05, 0.1) is 0 Å². The van der Waals surface area contributed by atoms with Crippen molar-refractivity contribution < 1.29 is 4.79 Å². The molecule has 0 saturated carbocycles. The Kier molecular flexibility index (Phi) is 4.86. The molecule has 1 fully saturated rings. The normalized spacial score (nSPS) is 23.6. The van der Waals surface area contributed by atoms with Gasteiger partial charge in [0, 0.05) is 35.7 Å². The SMILES string of the molecule is Cc1cc(Br)cc(C(=O)N(C)[C@H]2CCN(C)[C@@H](C)C2)c1. The summed E-state index contributed by atoms with van der Waals surface area (Å²) >= 11 is 3.47. The Hall–Kier alpha value is -0.870. The van der Waals surface area contributed by atoms with Gasteiger partial charge in [-0.25, -0.2) is 0 Å². The first-order chi connectivity index (χ1) is 9.38. The van der Waals surface area contributed by atoms with Crippen LogP contribution in [0.15, 0.2) is 22.7 Å². The van der Waals surface area contributed by atoms with Gasteiger partial charge in [-0.2, -0.15) is 0 Å². The smallest absolute Gasteiger partial charge is 0.253 e. The summed E-state index contributed by atoms with van der Waals surface area (Å²) in [5.74, 6) is 0.121. The zero-order valence-electron chi connectivity index (χ0n) is 12.7. The molecule has 0 aliphatic carbocycles. The van der Waals surface area contributed by atoms with Crippen molar-refractivity contribution in [1.29, 1.82) is 0 Å². The van der Waals surface area contributed by atoms with E-state index in [0.29, 0.717) is 12.1 Å². The van der Waals surface area contributed by atoms with Crippen LogP contribution in [-0.2, 0) is 0 Å². The standard InChI is InChI=1S/C16H23BrN2O/c1-11-7-13(10-14(17)8-11)16(20)19(4)15-5-6-18(3)12(2)9-15/h7-8,10,12,15H,5-6,9H2,1-4H3/t12-,15-/m0/s1. The van der Waals surface area contributed by atoms with E-state index < -0.39 is 0 Å². The summed E-state index contributed by atoms with van der Waals surface area (Å²) in [7, 11) is 4.08. The first-order valence-electron chi connectivity index (χ1n) is 7.13. The first-order valence-corrected chi connectivity index (χ1v) is 7.92. The topological polar surface area (TPSA) is 23.6 Å². The highest BCUT2D eigenvalue weighted by Gasteiger charge is 2.28. The highest BCUT2D eigenvalue weighted by molar-refractivity contribution is 9.10. The second-order valence-electron chi connectivity index (χ2n) is 5.94. The van der Waals surface area contributed by atoms with E-state index in [1.165, 1.54) is 0 Å². The molecule has 1 aromatic rings. The molecular formula is C16H23BrN2O. The van der Waals surface area contributed by atoms with Crippen molar-refractivity contribution in [2.24, 2.45) is 0 Å². The Balaban J connectivity index is 2.12. The molecule has 2 atom stereocenters. The number of carbonyl (C=O) groups excluding carboxylic acids is 1. The molecule has 0 unspecified atom stereocenters. The highest BCUT2D eigenvalue weighted by Crippen LogP contribution is 2.22. The second-order valence-corrected chi connectivity index (χ2v) is 6.86. The van der Waals surface area contributed by atoms with Gasteiger partial charge in [0.1, 0.15) is 0 Å². The van der Waals surface area contributed by atoms with Crippen LogP contribution in [0.25, 0.3) is 0 Å². The molecular weight excluding hydrogens is 316 g/mol. The van der Waals surface area contributed by atoms with Crippen molar-refractivity contribution in [3.63, 3.8) is 0 Å². The molecule has 3 nitrogen and oxygen atoms in total. The first kappa shape index (κ1) is 15.5. The number of likely N-dealkylation sites (tertiary alicyclic amines) is 1. The van der Waals surface area contributed by atoms with Gasteiger partial charge >= 0.3 is 0 Å². The van der Waals surface area contributed by atoms with E-state index in [4.69, 9.17) is 0 Å². The predicted molar refractivity (Wildman–Crippen MR) is 86.1 cm³/mol. The van der Waals surface area contributed by atoms with Crippen LogP contribution in [0.5, 0.6) is 0 Å². The van der Waals surface area contributed by atoms with Crippen molar-refractivity contribution >= 4 is 21.8 Å². The van der Waals surface area contributed by atoms with E-state index >= 15 is 0 Å². The van der Waals surface area contributed by atoms with Gasteiger partial charge < -0.3 is 9.80 Å². The van der Waals surface area contributed by atoms with Crippen molar-refractivity contribution in [2.75, 3.05) is 20.6 Å². The molecule has 4 heteroatoms. The summed E-state index contributed by atoms with van der Waals surface area (Å²) < 4.78 is 0.964. The van der Waals surface area contributed by atoms with Crippen molar-refractivity contribution in [3.8, 4) is 0 Å². The third-order valence-corrected chi connectivity index (χ3v) is 4.80. The molecule has 0 radical (unpaired) electrons. The van der Waals surface area contributed by atoms with Crippen LogP contribution in [-0.4, -0.2) is 48.4 Å². The summed E-state index contributed by atoms with van der Waals surface area (Å²) in [6.07, 6.45) is 2.10. The van der Waals surface area contributed by atoms with E-state index in [1.807, 2.05) is 37.1 Å². The van der Waals surface area contributed by atoms with Crippen molar-refractivity contribution in [1.82, 2.24) is 9.80 Å². The Morgan fingerprint density at radius 3 is 2.70 bits per heavy atom. The molecule has 2 rings (SSSR count). The van der Waals surface area contributed by atoms with Crippen LogP contribution in [0.3, 0.4) is 0 Å². The molecule has 0 aromatic heterocycles. The minimum Gasteiger partial charge on any atom is -0.339 e. The van der Waals surface area contributed by atoms with Gasteiger partial charge in [-0.3, -0.25) is 4.79 Å². The molecule has 1 heterocycles. The van der Waals surface area contributed by atoms with Crippen LogP contribution in [0.1, 0.15) is 35.7 Å². The number of carbonyl (C=O) groups is 1. The number of amides is 1. The van der Waals surface area contributed by atoms with Crippen LogP contribution >= 0.6 is 15.9 Å². The summed E-state index contributed by atoms with van der Waals surface area (Å²) in [6.45, 7) is 5.30. The lowest BCUT2D eigenvalue weighted by Crippen LogP contribution is -2.48. The molecule has 110 valence electrons. The van der Waals surface area contributed by atoms with Gasteiger partial charge in [0.25, 0.3) is 5.91 Å². The molecule has 1 aliphatic heterocycles. The molecule has 1 amide bonds. The number of nitrogens with zero attached hydrogens (tertiary/aromatic N) is 2. The van der Waals surface area contributed by atoms with Crippen molar-refractivity contribution in [3.05, 3.63) is 33.8 Å². The summed E-state index contributed by atoms with van der Waals surface area (Å²) in [5, 5.41) is 0. The minimum atomic E-state index is 0.121. The predicted octanol–water partition coefficient (Wildman–Crippen LogP) is 3.31. The maximum Gasteiger partial charge on any atom is 0.253 e. The highest BCUT2D eigenvalue weighted by atomic mass is 79.9. The monoisotopic (exact) mass is 338 g/mol. The van der Waals surface area contributed by atoms with Crippen LogP contribution in [0, 0.1) is 6.92 Å². The third kappa shape index (κ3) is 3.41. The molecule has 20 heavy (non-hydrogen) atoms. The number of piperidine rings is 1. The second kappa shape index (κ2) is 6.27. The van der Waals surface area contributed by atoms with Gasteiger partial charge in [0.2, 0.25) is 0 Å². The van der Waals surface area contributed by atoms with Gasteiger partial charge in [-0.05, 0) is 57.5 Å². The number of hydrogen-bond donors (Lipinski definition) is 0. The number of aryl methyl sites for hydroxylation is 1. The van der Waals surface area contributed by atoms with E-state index in [9.17, 15) is 4.79 Å². The molecule has 1 aromatic carbocycles. The minimum absolute atomic E-state index is 0.121. The maximum atomic E-state index is 12.6. The fourth-order valence-electron chi connectivity index (χ4n) is 2.85. The third-order valence-electron chi connectivity index (χ3n) is 4.34. The average molecular weight is 339 g/mol. The molecule has 1 saturated heterocycles. The summed E-state index contributed by atoms with van der Waals surface area (Å²) in [6, 6.07) is 6.77. The largest absolute Gasteiger partial charge is 0.339 e. The van der Waals surface area contributed by atoms with Gasteiger partial charge in [-0.1, -0.05) is 15.9 Å². The van der Waals surface area contributed by atoms with Crippen molar-refractivity contribution in [2.45, 2.75) is 38.8 Å². The number of halogens is 1. The molecule has 0 N–H and O–H groups in total. The molecule has 0 bridgehead atoms. The molecule has 1 aliphatic rings. The Morgan fingerprint density at radius 1 is 1.40 bits per heavy atom.